The summed E-state index contributed by atoms with van der Waals surface area (Å²) in [6, 6.07) is 10.0. The monoisotopic (exact) mass is 298 g/mol. The van der Waals surface area contributed by atoms with Crippen LogP contribution in [-0.4, -0.2) is 45.1 Å². The molecule has 1 heterocycles. The molecule has 0 spiro atoms. The highest BCUT2D eigenvalue weighted by molar-refractivity contribution is 7.87. The number of nitrogens with one attached hydrogen (secondary N) is 1. The highest BCUT2D eigenvalue weighted by Crippen LogP contribution is 2.08. The van der Waals surface area contributed by atoms with Crippen molar-refractivity contribution in [2.45, 2.75) is 25.8 Å². The van der Waals surface area contributed by atoms with Crippen molar-refractivity contribution in [3.63, 3.8) is 0 Å². The number of rotatable bonds is 6. The summed E-state index contributed by atoms with van der Waals surface area (Å²) < 4.78 is 33.7. The van der Waals surface area contributed by atoms with E-state index in [1.54, 1.807) is 0 Å². The highest BCUT2D eigenvalue weighted by atomic mass is 32.2. The van der Waals surface area contributed by atoms with Gasteiger partial charge in [-0.25, -0.2) is 0 Å². The van der Waals surface area contributed by atoms with Gasteiger partial charge in [-0.05, 0) is 25.3 Å². The zero-order chi connectivity index (χ0) is 14.4. The van der Waals surface area contributed by atoms with E-state index in [2.05, 4.69) is 16.9 Å². The topological polar surface area (TPSA) is 58.6 Å². The lowest BCUT2D eigenvalue weighted by atomic mass is 10.1. The molecule has 112 valence electrons. The SMILES string of the molecule is CC(CCc1ccccc1)NS(=O)(=O)N1CCOCC1. The molecule has 6 heteroatoms. The summed E-state index contributed by atoms with van der Waals surface area (Å²) in [6.07, 6.45) is 1.65. The average Bonchev–Trinajstić information content (AvgIpc) is 2.47. The first-order chi connectivity index (χ1) is 9.58. The fraction of sp³-hybridized carbons (Fsp3) is 0.571. The van der Waals surface area contributed by atoms with Crippen LogP contribution >= 0.6 is 0 Å². The molecule has 20 heavy (non-hydrogen) atoms. The second kappa shape index (κ2) is 7.17. The van der Waals surface area contributed by atoms with Gasteiger partial charge in [0, 0.05) is 19.1 Å². The summed E-state index contributed by atoms with van der Waals surface area (Å²) in [6.45, 7) is 3.71. The first-order valence-electron chi connectivity index (χ1n) is 6.97. The number of aryl methyl sites for hydroxylation is 1. The van der Waals surface area contributed by atoms with Crippen LogP contribution in [-0.2, 0) is 21.4 Å². The van der Waals surface area contributed by atoms with Crippen LogP contribution in [0.25, 0.3) is 0 Å². The van der Waals surface area contributed by atoms with Crippen molar-refractivity contribution < 1.29 is 13.2 Å². The second-order valence-electron chi connectivity index (χ2n) is 5.06. The zero-order valence-electron chi connectivity index (χ0n) is 11.8. The maximum Gasteiger partial charge on any atom is 0.279 e. The lowest BCUT2D eigenvalue weighted by Gasteiger charge is -2.27. The van der Waals surface area contributed by atoms with Gasteiger partial charge in [-0.15, -0.1) is 0 Å². The molecule has 0 aliphatic carbocycles. The Morgan fingerprint density at radius 1 is 1.25 bits per heavy atom. The number of benzene rings is 1. The third kappa shape index (κ3) is 4.56. The molecule has 5 nitrogen and oxygen atoms in total. The Hall–Kier alpha value is -0.950. The Bertz CT molecular complexity index is 498. The smallest absolute Gasteiger partial charge is 0.279 e. The Morgan fingerprint density at radius 2 is 1.90 bits per heavy atom. The van der Waals surface area contributed by atoms with E-state index >= 15 is 0 Å². The molecule has 1 saturated heterocycles. The predicted octanol–water partition coefficient (Wildman–Crippen LogP) is 1.17. The highest BCUT2D eigenvalue weighted by Gasteiger charge is 2.25. The number of hydrogen-bond donors (Lipinski definition) is 1. The molecule has 1 aromatic rings. The third-order valence-corrected chi connectivity index (χ3v) is 5.11. The number of nitrogens with zero attached hydrogens (tertiary/aromatic N) is 1. The molecule has 0 amide bonds. The van der Waals surface area contributed by atoms with Gasteiger partial charge in [0.2, 0.25) is 0 Å². The fourth-order valence-corrected chi connectivity index (χ4v) is 3.61. The van der Waals surface area contributed by atoms with E-state index in [-0.39, 0.29) is 6.04 Å². The lowest BCUT2D eigenvalue weighted by Crippen LogP contribution is -2.49. The van der Waals surface area contributed by atoms with Crippen molar-refractivity contribution >= 4 is 10.2 Å². The van der Waals surface area contributed by atoms with E-state index in [0.29, 0.717) is 26.3 Å². The molecule has 1 aromatic carbocycles. The van der Waals surface area contributed by atoms with Gasteiger partial charge < -0.3 is 4.74 Å². The molecule has 0 saturated carbocycles. The molecule has 1 atom stereocenters. The van der Waals surface area contributed by atoms with Crippen molar-refractivity contribution in [2.75, 3.05) is 26.3 Å². The minimum atomic E-state index is -3.38. The van der Waals surface area contributed by atoms with Crippen molar-refractivity contribution in [3.8, 4) is 0 Å². The van der Waals surface area contributed by atoms with Crippen LogP contribution in [0.15, 0.2) is 30.3 Å². The van der Waals surface area contributed by atoms with Crippen LogP contribution in [0.3, 0.4) is 0 Å². The van der Waals surface area contributed by atoms with Crippen LogP contribution in [0.1, 0.15) is 18.9 Å². The van der Waals surface area contributed by atoms with Crippen molar-refractivity contribution in [1.82, 2.24) is 9.03 Å². The summed E-state index contributed by atoms with van der Waals surface area (Å²) in [7, 11) is -3.38. The van der Waals surface area contributed by atoms with Gasteiger partial charge in [-0.2, -0.15) is 17.4 Å². The maximum atomic E-state index is 12.2. The van der Waals surface area contributed by atoms with Gasteiger partial charge in [0.25, 0.3) is 10.2 Å². The van der Waals surface area contributed by atoms with Crippen molar-refractivity contribution in [3.05, 3.63) is 35.9 Å². The lowest BCUT2D eigenvalue weighted by molar-refractivity contribution is 0.0723. The zero-order valence-corrected chi connectivity index (χ0v) is 12.6. The van der Waals surface area contributed by atoms with Crippen LogP contribution in [0.5, 0.6) is 0 Å². The van der Waals surface area contributed by atoms with E-state index in [9.17, 15) is 8.42 Å². The first-order valence-corrected chi connectivity index (χ1v) is 8.41. The third-order valence-electron chi connectivity index (χ3n) is 3.37. The summed E-state index contributed by atoms with van der Waals surface area (Å²) in [5, 5.41) is 0. The molecular formula is C14H22N2O3S. The minimum Gasteiger partial charge on any atom is -0.379 e. The predicted molar refractivity (Wildman–Crippen MR) is 78.7 cm³/mol. The molecule has 0 aromatic heterocycles. The van der Waals surface area contributed by atoms with E-state index in [0.717, 1.165) is 12.8 Å². The van der Waals surface area contributed by atoms with Crippen LogP contribution in [0.2, 0.25) is 0 Å². The number of morpholine rings is 1. The average molecular weight is 298 g/mol. The molecule has 0 radical (unpaired) electrons. The van der Waals surface area contributed by atoms with Gasteiger partial charge >= 0.3 is 0 Å². The Labute approximate surface area is 121 Å². The van der Waals surface area contributed by atoms with Crippen molar-refractivity contribution in [2.24, 2.45) is 0 Å². The Morgan fingerprint density at radius 3 is 2.55 bits per heavy atom. The van der Waals surface area contributed by atoms with Gasteiger partial charge in [0.15, 0.2) is 0 Å². The van der Waals surface area contributed by atoms with Gasteiger partial charge in [-0.1, -0.05) is 30.3 Å². The number of hydrogen-bond acceptors (Lipinski definition) is 3. The quantitative estimate of drug-likeness (QED) is 0.858. The number of ether oxygens (including phenoxy) is 1. The first kappa shape index (κ1) is 15.4. The summed E-state index contributed by atoms with van der Waals surface area (Å²) in [4.78, 5) is 0. The molecule has 2 rings (SSSR count). The molecule has 1 aliphatic heterocycles. The molecule has 1 unspecified atom stereocenters. The normalized spacial score (nSPS) is 18.9. The van der Waals surface area contributed by atoms with Gasteiger partial charge in [0.05, 0.1) is 13.2 Å². The van der Waals surface area contributed by atoms with Gasteiger partial charge in [-0.3, -0.25) is 0 Å². The standard InChI is InChI=1S/C14H22N2O3S/c1-13(7-8-14-5-3-2-4-6-14)15-20(17,18)16-9-11-19-12-10-16/h2-6,13,15H,7-12H2,1H3. The summed E-state index contributed by atoms with van der Waals surface area (Å²) >= 11 is 0. The largest absolute Gasteiger partial charge is 0.379 e. The molecule has 1 fully saturated rings. The minimum absolute atomic E-state index is 0.0805. The van der Waals surface area contributed by atoms with Crippen molar-refractivity contribution in [1.29, 1.82) is 0 Å². The molecule has 0 bridgehead atoms. The van der Waals surface area contributed by atoms with Gasteiger partial charge in [0.1, 0.15) is 0 Å². The molecule has 1 aliphatic rings. The maximum absolute atomic E-state index is 12.2. The van der Waals surface area contributed by atoms with E-state index < -0.39 is 10.2 Å². The van der Waals surface area contributed by atoms with Crippen LogP contribution < -0.4 is 4.72 Å². The second-order valence-corrected chi connectivity index (χ2v) is 6.76. The summed E-state index contributed by atoms with van der Waals surface area (Å²) in [5.74, 6) is 0. The van der Waals surface area contributed by atoms with Crippen LogP contribution in [0, 0.1) is 0 Å². The molecule has 1 N–H and O–H groups in total. The van der Waals surface area contributed by atoms with Crippen LogP contribution in [0.4, 0.5) is 0 Å². The van der Waals surface area contributed by atoms with E-state index in [1.165, 1.54) is 9.87 Å². The fourth-order valence-electron chi connectivity index (χ4n) is 2.20. The summed E-state index contributed by atoms with van der Waals surface area (Å²) in [5.41, 5.74) is 1.23. The van der Waals surface area contributed by atoms with E-state index in [4.69, 9.17) is 4.74 Å². The van der Waals surface area contributed by atoms with E-state index in [1.807, 2.05) is 25.1 Å². The Balaban J connectivity index is 1.82. The Kier molecular flexibility index (Phi) is 5.54. The molecular weight excluding hydrogens is 276 g/mol.